The van der Waals surface area contributed by atoms with Gasteiger partial charge in [-0.3, -0.25) is 14.8 Å². The van der Waals surface area contributed by atoms with Gasteiger partial charge in [-0.05, 0) is 56.1 Å². The van der Waals surface area contributed by atoms with Crippen molar-refractivity contribution in [3.63, 3.8) is 0 Å². The van der Waals surface area contributed by atoms with Crippen LogP contribution in [0.2, 0.25) is 0 Å². The number of aromatic nitrogens is 2. The molecule has 144 valence electrons. The molecule has 2 aromatic heterocycles. The Balaban J connectivity index is 1.58. The van der Waals surface area contributed by atoms with Crippen LogP contribution in [0.25, 0.3) is 22.0 Å². The van der Waals surface area contributed by atoms with E-state index in [0.29, 0.717) is 11.3 Å². The Bertz CT molecular complexity index is 1010. The highest BCUT2D eigenvalue weighted by Crippen LogP contribution is 2.39. The number of ketones is 1. The fraction of sp³-hybridized carbons (Fsp3) is 0.348. The maximum absolute atomic E-state index is 13.2. The molecule has 5 heteroatoms. The van der Waals surface area contributed by atoms with Crippen molar-refractivity contribution < 1.29 is 4.79 Å². The summed E-state index contributed by atoms with van der Waals surface area (Å²) in [6.07, 6.45) is 5.71. The predicted molar refractivity (Wildman–Crippen MR) is 114 cm³/mol. The number of pyridine rings is 2. The molecule has 28 heavy (non-hydrogen) atoms. The molecule has 1 aromatic carbocycles. The van der Waals surface area contributed by atoms with E-state index in [9.17, 15) is 4.79 Å². The lowest BCUT2D eigenvalue weighted by molar-refractivity contribution is 0.103. The SMILES string of the molecule is CCN(CC)CCCCNc1cccc2c1C(=O)c1nccc3ccnc-2c13. The van der Waals surface area contributed by atoms with E-state index in [1.165, 1.54) is 0 Å². The van der Waals surface area contributed by atoms with Gasteiger partial charge >= 0.3 is 0 Å². The number of nitrogens with one attached hydrogen (secondary N) is 1. The van der Waals surface area contributed by atoms with Crippen molar-refractivity contribution >= 4 is 22.2 Å². The molecule has 0 fully saturated rings. The van der Waals surface area contributed by atoms with E-state index in [1.54, 1.807) is 12.4 Å². The first-order chi connectivity index (χ1) is 13.7. The summed E-state index contributed by atoms with van der Waals surface area (Å²) < 4.78 is 0. The van der Waals surface area contributed by atoms with Crippen LogP contribution in [0.15, 0.2) is 42.7 Å². The number of nitrogens with zero attached hydrogens (tertiary/aromatic N) is 3. The molecule has 5 nitrogen and oxygen atoms in total. The van der Waals surface area contributed by atoms with E-state index in [2.05, 4.69) is 34.0 Å². The molecule has 1 N–H and O–H groups in total. The number of hydrogen-bond acceptors (Lipinski definition) is 5. The molecule has 0 saturated heterocycles. The Hall–Kier alpha value is -2.79. The number of hydrogen-bond donors (Lipinski definition) is 1. The Morgan fingerprint density at radius 2 is 1.71 bits per heavy atom. The van der Waals surface area contributed by atoms with Crippen molar-refractivity contribution in [3.8, 4) is 11.3 Å². The summed E-state index contributed by atoms with van der Waals surface area (Å²) in [5, 5.41) is 5.34. The van der Waals surface area contributed by atoms with E-state index in [0.717, 1.165) is 66.7 Å². The van der Waals surface area contributed by atoms with Gasteiger partial charge in [0.15, 0.2) is 0 Å². The molecule has 1 aliphatic carbocycles. The minimum absolute atomic E-state index is 0.0210. The smallest absolute Gasteiger partial charge is 0.214 e. The lowest BCUT2D eigenvalue weighted by atomic mass is 9.87. The van der Waals surface area contributed by atoms with Gasteiger partial charge in [0, 0.05) is 35.6 Å². The van der Waals surface area contributed by atoms with Gasteiger partial charge in [-0.1, -0.05) is 26.0 Å². The van der Waals surface area contributed by atoms with Crippen molar-refractivity contribution in [1.82, 2.24) is 14.9 Å². The first-order valence-electron chi connectivity index (χ1n) is 10.1. The Labute approximate surface area is 165 Å². The zero-order valence-corrected chi connectivity index (χ0v) is 16.5. The predicted octanol–water partition coefficient (Wildman–Crippen LogP) is 4.38. The summed E-state index contributed by atoms with van der Waals surface area (Å²) in [6.45, 7) is 8.54. The Morgan fingerprint density at radius 1 is 0.964 bits per heavy atom. The molecule has 0 saturated carbocycles. The highest BCUT2D eigenvalue weighted by molar-refractivity contribution is 6.26. The summed E-state index contributed by atoms with van der Waals surface area (Å²) in [6, 6.07) is 9.82. The minimum atomic E-state index is -0.0210. The van der Waals surface area contributed by atoms with Gasteiger partial charge in [-0.25, -0.2) is 0 Å². The van der Waals surface area contributed by atoms with Gasteiger partial charge in [0.05, 0.1) is 11.3 Å². The molecule has 2 heterocycles. The minimum Gasteiger partial charge on any atom is -0.384 e. The number of carbonyl (C=O) groups excluding carboxylic acids is 1. The molecule has 0 radical (unpaired) electrons. The molecule has 0 amide bonds. The van der Waals surface area contributed by atoms with Gasteiger partial charge in [0.25, 0.3) is 0 Å². The van der Waals surface area contributed by atoms with Crippen LogP contribution < -0.4 is 5.32 Å². The average Bonchev–Trinajstić information content (AvgIpc) is 2.74. The van der Waals surface area contributed by atoms with Crippen LogP contribution in [0, 0.1) is 0 Å². The third-order valence-corrected chi connectivity index (χ3v) is 5.55. The fourth-order valence-corrected chi connectivity index (χ4v) is 3.98. The second-order valence-corrected chi connectivity index (χ2v) is 7.14. The number of carbonyl (C=O) groups is 1. The standard InChI is InChI=1S/C23H26N4O/c1-3-27(4-2)15-6-5-12-24-18-9-7-8-17-20(18)23(28)22-19-16(11-14-26-22)10-13-25-21(17)19/h7-11,13-14,24H,3-6,12,15H2,1-2H3. The summed E-state index contributed by atoms with van der Waals surface area (Å²) in [7, 11) is 0. The van der Waals surface area contributed by atoms with Crippen LogP contribution in [0.5, 0.6) is 0 Å². The zero-order valence-electron chi connectivity index (χ0n) is 16.5. The average molecular weight is 374 g/mol. The van der Waals surface area contributed by atoms with Crippen molar-refractivity contribution in [2.45, 2.75) is 26.7 Å². The van der Waals surface area contributed by atoms with Gasteiger partial charge in [-0.15, -0.1) is 0 Å². The second-order valence-electron chi connectivity index (χ2n) is 7.14. The largest absolute Gasteiger partial charge is 0.384 e. The highest BCUT2D eigenvalue weighted by atomic mass is 16.1. The van der Waals surface area contributed by atoms with Crippen LogP contribution in [-0.2, 0) is 0 Å². The molecule has 0 unspecified atom stereocenters. The van der Waals surface area contributed by atoms with Crippen molar-refractivity contribution in [3.05, 3.63) is 54.0 Å². The number of fused-ring (bicyclic) bond motifs is 2. The van der Waals surface area contributed by atoms with Crippen molar-refractivity contribution in [2.75, 3.05) is 31.5 Å². The van der Waals surface area contributed by atoms with Crippen molar-refractivity contribution in [1.29, 1.82) is 0 Å². The number of rotatable bonds is 8. The maximum Gasteiger partial charge on any atom is 0.214 e. The van der Waals surface area contributed by atoms with Crippen LogP contribution in [0.1, 0.15) is 42.7 Å². The van der Waals surface area contributed by atoms with Gasteiger partial charge in [0.1, 0.15) is 5.69 Å². The molecule has 3 aromatic rings. The molecule has 0 atom stereocenters. The maximum atomic E-state index is 13.2. The summed E-state index contributed by atoms with van der Waals surface area (Å²) in [5.41, 5.74) is 3.81. The quantitative estimate of drug-likeness (QED) is 0.464. The molecule has 0 spiro atoms. The van der Waals surface area contributed by atoms with Crippen LogP contribution in [-0.4, -0.2) is 46.8 Å². The molecule has 1 aliphatic rings. The summed E-state index contributed by atoms with van der Waals surface area (Å²) in [5.74, 6) is -0.0210. The van der Waals surface area contributed by atoms with E-state index >= 15 is 0 Å². The van der Waals surface area contributed by atoms with Crippen LogP contribution >= 0.6 is 0 Å². The monoisotopic (exact) mass is 374 g/mol. The fourth-order valence-electron chi connectivity index (χ4n) is 3.98. The molecular weight excluding hydrogens is 348 g/mol. The van der Waals surface area contributed by atoms with E-state index in [-0.39, 0.29) is 5.78 Å². The van der Waals surface area contributed by atoms with Crippen LogP contribution in [0.4, 0.5) is 5.69 Å². The Morgan fingerprint density at radius 3 is 2.46 bits per heavy atom. The lowest BCUT2D eigenvalue weighted by Gasteiger charge is -2.21. The normalized spacial score (nSPS) is 12.5. The van der Waals surface area contributed by atoms with E-state index in [4.69, 9.17) is 0 Å². The number of benzene rings is 1. The lowest BCUT2D eigenvalue weighted by Crippen LogP contribution is -2.24. The van der Waals surface area contributed by atoms with Crippen molar-refractivity contribution in [2.24, 2.45) is 0 Å². The second kappa shape index (κ2) is 8.07. The van der Waals surface area contributed by atoms with Gasteiger partial charge in [0.2, 0.25) is 5.78 Å². The van der Waals surface area contributed by atoms with Crippen LogP contribution in [0.3, 0.4) is 0 Å². The highest BCUT2D eigenvalue weighted by Gasteiger charge is 2.29. The third kappa shape index (κ3) is 3.27. The van der Waals surface area contributed by atoms with E-state index < -0.39 is 0 Å². The third-order valence-electron chi connectivity index (χ3n) is 5.55. The Kier molecular flexibility index (Phi) is 5.35. The first-order valence-corrected chi connectivity index (χ1v) is 10.1. The molecular formula is C23H26N4O. The zero-order chi connectivity index (χ0) is 19.5. The molecule has 4 rings (SSSR count). The topological polar surface area (TPSA) is 58.1 Å². The molecule has 0 aliphatic heterocycles. The number of unbranched alkanes of at least 4 members (excludes halogenated alkanes) is 1. The summed E-state index contributed by atoms with van der Waals surface area (Å²) >= 11 is 0. The summed E-state index contributed by atoms with van der Waals surface area (Å²) in [4.78, 5) is 24.6. The van der Waals surface area contributed by atoms with Gasteiger partial charge in [-0.2, -0.15) is 0 Å². The van der Waals surface area contributed by atoms with Gasteiger partial charge < -0.3 is 10.2 Å². The van der Waals surface area contributed by atoms with E-state index in [1.807, 2.05) is 30.3 Å². The number of anilines is 1. The molecule has 0 bridgehead atoms. The first kappa shape index (κ1) is 18.6.